The number of benzene rings is 1. The first-order valence-electron chi connectivity index (χ1n) is 7.64. The second-order valence-corrected chi connectivity index (χ2v) is 6.11. The zero-order chi connectivity index (χ0) is 18.0. The van der Waals surface area contributed by atoms with Crippen molar-refractivity contribution in [2.24, 2.45) is 7.05 Å². The highest BCUT2D eigenvalue weighted by Gasteiger charge is 2.17. The minimum atomic E-state index is -0.341. The van der Waals surface area contributed by atoms with Crippen molar-refractivity contribution in [3.05, 3.63) is 64.4 Å². The molecule has 0 atom stereocenters. The van der Waals surface area contributed by atoms with Crippen molar-refractivity contribution in [2.45, 2.75) is 13.8 Å². The van der Waals surface area contributed by atoms with Gasteiger partial charge in [0.1, 0.15) is 11.3 Å². The van der Waals surface area contributed by atoms with E-state index in [-0.39, 0.29) is 11.8 Å². The average molecular weight is 357 g/mol. The molecule has 1 aromatic carbocycles. The molecule has 0 radical (unpaired) electrons. The quantitative estimate of drug-likeness (QED) is 0.763. The molecule has 0 spiro atoms. The molecule has 0 fully saturated rings. The van der Waals surface area contributed by atoms with E-state index < -0.39 is 0 Å². The van der Waals surface area contributed by atoms with E-state index in [0.717, 1.165) is 11.3 Å². The molecule has 6 nitrogen and oxygen atoms in total. The van der Waals surface area contributed by atoms with Gasteiger partial charge in [-0.05, 0) is 43.7 Å². The maximum atomic E-state index is 12.7. The van der Waals surface area contributed by atoms with Crippen LogP contribution in [0.15, 0.2) is 42.6 Å². The Balaban J connectivity index is 1.89. The van der Waals surface area contributed by atoms with Crippen molar-refractivity contribution in [3.63, 3.8) is 0 Å². The van der Waals surface area contributed by atoms with E-state index in [0.29, 0.717) is 22.2 Å². The Hall–Kier alpha value is -2.86. The third-order valence-electron chi connectivity index (χ3n) is 3.60. The van der Waals surface area contributed by atoms with E-state index in [2.05, 4.69) is 15.4 Å². The molecule has 0 saturated carbocycles. The normalized spacial score (nSPS) is 10.6. The molecule has 0 saturated heterocycles. The highest BCUT2D eigenvalue weighted by Crippen LogP contribution is 2.26. The number of aryl methyl sites for hydroxylation is 3. The average Bonchev–Trinajstić information content (AvgIpc) is 2.87. The van der Waals surface area contributed by atoms with Gasteiger partial charge in [-0.15, -0.1) is 0 Å². The number of amides is 1. The Morgan fingerprint density at radius 1 is 1.24 bits per heavy atom. The van der Waals surface area contributed by atoms with Crippen LogP contribution < -0.4 is 10.1 Å². The molecule has 3 rings (SSSR count). The number of pyridine rings is 1. The second kappa shape index (κ2) is 6.94. The molecule has 2 aromatic heterocycles. The first kappa shape index (κ1) is 17.0. The number of aromatic nitrogens is 3. The summed E-state index contributed by atoms with van der Waals surface area (Å²) in [6, 6.07) is 10.4. The summed E-state index contributed by atoms with van der Waals surface area (Å²) in [5, 5.41) is 7.54. The van der Waals surface area contributed by atoms with Gasteiger partial charge in [-0.3, -0.25) is 9.48 Å². The molecular weight excluding hydrogens is 340 g/mol. The third kappa shape index (κ3) is 3.97. The lowest BCUT2D eigenvalue weighted by Crippen LogP contribution is -2.14. The lowest BCUT2D eigenvalue weighted by molar-refractivity contribution is 0.102. The van der Waals surface area contributed by atoms with Gasteiger partial charge in [0.2, 0.25) is 5.88 Å². The number of rotatable bonds is 4. The number of nitrogens with one attached hydrogen (secondary N) is 1. The van der Waals surface area contributed by atoms with E-state index in [9.17, 15) is 4.79 Å². The summed E-state index contributed by atoms with van der Waals surface area (Å²) in [5.74, 6) is 0.844. The van der Waals surface area contributed by atoms with Crippen LogP contribution in [0.1, 0.15) is 21.6 Å². The summed E-state index contributed by atoms with van der Waals surface area (Å²) in [4.78, 5) is 16.9. The van der Waals surface area contributed by atoms with Crippen molar-refractivity contribution in [1.29, 1.82) is 0 Å². The monoisotopic (exact) mass is 356 g/mol. The van der Waals surface area contributed by atoms with Crippen LogP contribution >= 0.6 is 11.6 Å². The Kier molecular flexibility index (Phi) is 4.72. The molecule has 2 heterocycles. The van der Waals surface area contributed by atoms with Crippen LogP contribution in [0.4, 0.5) is 5.82 Å². The van der Waals surface area contributed by atoms with Gasteiger partial charge in [-0.2, -0.15) is 5.10 Å². The number of hydrogen-bond acceptors (Lipinski definition) is 4. The summed E-state index contributed by atoms with van der Waals surface area (Å²) < 4.78 is 7.44. The van der Waals surface area contributed by atoms with Crippen molar-refractivity contribution < 1.29 is 9.53 Å². The molecule has 128 valence electrons. The topological polar surface area (TPSA) is 69.0 Å². The number of halogens is 1. The predicted molar refractivity (Wildman–Crippen MR) is 96.4 cm³/mol. The molecular formula is C18H17ClN4O2. The highest BCUT2D eigenvalue weighted by atomic mass is 35.5. The van der Waals surface area contributed by atoms with Crippen molar-refractivity contribution in [3.8, 4) is 11.6 Å². The second-order valence-electron chi connectivity index (χ2n) is 5.67. The van der Waals surface area contributed by atoms with E-state index in [4.69, 9.17) is 16.3 Å². The van der Waals surface area contributed by atoms with E-state index in [1.165, 1.54) is 0 Å². The molecule has 0 aliphatic rings. The van der Waals surface area contributed by atoms with E-state index in [1.54, 1.807) is 47.3 Å². The first-order chi connectivity index (χ1) is 11.9. The van der Waals surface area contributed by atoms with Crippen LogP contribution in [0.2, 0.25) is 5.02 Å². The number of carbonyl (C=O) groups excluding carboxylic acids is 1. The largest absolute Gasteiger partial charge is 0.438 e. The highest BCUT2D eigenvalue weighted by molar-refractivity contribution is 6.30. The van der Waals surface area contributed by atoms with Crippen LogP contribution in [0.25, 0.3) is 0 Å². The molecule has 0 aliphatic carbocycles. The smallest absolute Gasteiger partial charge is 0.262 e. The van der Waals surface area contributed by atoms with Crippen molar-refractivity contribution in [2.75, 3.05) is 5.32 Å². The van der Waals surface area contributed by atoms with E-state index >= 15 is 0 Å². The molecule has 1 amide bonds. The Morgan fingerprint density at radius 2 is 2.04 bits per heavy atom. The predicted octanol–water partition coefficient (Wildman–Crippen LogP) is 4.13. The third-order valence-corrected chi connectivity index (χ3v) is 3.83. The molecule has 0 bridgehead atoms. The zero-order valence-corrected chi connectivity index (χ0v) is 14.8. The van der Waals surface area contributed by atoms with Crippen molar-refractivity contribution in [1.82, 2.24) is 14.8 Å². The summed E-state index contributed by atoms with van der Waals surface area (Å²) >= 11 is 5.97. The van der Waals surface area contributed by atoms with Gasteiger partial charge in [0.15, 0.2) is 5.82 Å². The van der Waals surface area contributed by atoms with Gasteiger partial charge >= 0.3 is 0 Å². The van der Waals surface area contributed by atoms with Gasteiger partial charge in [0.25, 0.3) is 5.91 Å². The molecule has 7 heteroatoms. The Bertz CT molecular complexity index is 917. The minimum Gasteiger partial charge on any atom is -0.438 e. The SMILES string of the molecule is Cc1cnc(Oc2cccc(Cl)c2)c(C(=O)Nc2cc(C)n(C)n2)c1. The van der Waals surface area contributed by atoms with Crippen LogP contribution in [0.5, 0.6) is 11.6 Å². The van der Waals surface area contributed by atoms with Gasteiger partial charge < -0.3 is 10.1 Å². The van der Waals surface area contributed by atoms with Gasteiger partial charge in [0, 0.05) is 30.0 Å². The summed E-state index contributed by atoms with van der Waals surface area (Å²) in [6.07, 6.45) is 1.64. The fourth-order valence-corrected chi connectivity index (χ4v) is 2.43. The van der Waals surface area contributed by atoms with Crippen LogP contribution in [0.3, 0.4) is 0 Å². The van der Waals surface area contributed by atoms with Gasteiger partial charge in [-0.1, -0.05) is 17.7 Å². The van der Waals surface area contributed by atoms with Crippen LogP contribution in [-0.2, 0) is 7.05 Å². The molecule has 3 aromatic rings. The Labute approximate surface area is 150 Å². The molecule has 0 aliphatic heterocycles. The maximum Gasteiger partial charge on any atom is 0.262 e. The number of carbonyl (C=O) groups is 1. The lowest BCUT2D eigenvalue weighted by atomic mass is 10.2. The number of ether oxygens (including phenoxy) is 1. The number of anilines is 1. The van der Waals surface area contributed by atoms with Crippen LogP contribution in [-0.4, -0.2) is 20.7 Å². The summed E-state index contributed by atoms with van der Waals surface area (Å²) in [6.45, 7) is 3.77. The lowest BCUT2D eigenvalue weighted by Gasteiger charge is -2.10. The standard InChI is InChI=1S/C18H17ClN4O2/c1-11-7-15(17(24)21-16-8-12(2)23(3)22-16)18(20-10-11)25-14-6-4-5-13(19)9-14/h4-10H,1-3H3,(H,21,22,24). The van der Waals surface area contributed by atoms with Gasteiger partial charge in [0.05, 0.1) is 0 Å². The fraction of sp³-hybridized carbons (Fsp3) is 0.167. The minimum absolute atomic E-state index is 0.206. The molecule has 0 unspecified atom stereocenters. The van der Waals surface area contributed by atoms with Crippen LogP contribution in [0, 0.1) is 13.8 Å². The zero-order valence-electron chi connectivity index (χ0n) is 14.1. The first-order valence-corrected chi connectivity index (χ1v) is 8.02. The number of hydrogen-bond donors (Lipinski definition) is 1. The fourth-order valence-electron chi connectivity index (χ4n) is 2.25. The molecule has 1 N–H and O–H groups in total. The summed E-state index contributed by atoms with van der Waals surface area (Å²) in [7, 11) is 1.81. The van der Waals surface area contributed by atoms with E-state index in [1.807, 2.05) is 20.9 Å². The molecule has 25 heavy (non-hydrogen) atoms. The van der Waals surface area contributed by atoms with Gasteiger partial charge in [-0.25, -0.2) is 4.98 Å². The Morgan fingerprint density at radius 3 is 2.72 bits per heavy atom. The number of nitrogens with zero attached hydrogens (tertiary/aromatic N) is 3. The summed E-state index contributed by atoms with van der Waals surface area (Å²) in [5.41, 5.74) is 2.11. The van der Waals surface area contributed by atoms with Crippen molar-refractivity contribution >= 4 is 23.3 Å². The maximum absolute atomic E-state index is 12.7.